The normalized spacial score (nSPS) is 14.7. The molecular weight excluding hydrogens is 260 g/mol. The largest absolute Gasteiger partial charge is 0.431 e. The summed E-state index contributed by atoms with van der Waals surface area (Å²) in [4.78, 5) is 4.42. The van der Waals surface area contributed by atoms with Gasteiger partial charge in [-0.05, 0) is 32.0 Å². The number of nitrogens with one attached hydrogen (secondary N) is 1. The average Bonchev–Trinajstić information content (AvgIpc) is 2.86. The average molecular weight is 280 g/mol. The molecule has 1 unspecified atom stereocenters. The fourth-order valence-corrected chi connectivity index (χ4v) is 2.66. The number of oxazole rings is 1. The van der Waals surface area contributed by atoms with E-state index in [0.717, 1.165) is 29.8 Å². The quantitative estimate of drug-likeness (QED) is 0.764. The number of rotatable bonds is 7. The molecule has 2 aromatic rings. The van der Waals surface area contributed by atoms with Crippen LogP contribution in [-0.2, 0) is 0 Å². The van der Waals surface area contributed by atoms with Crippen LogP contribution in [0.2, 0.25) is 0 Å². The van der Waals surface area contributed by atoms with Gasteiger partial charge in [0.05, 0.1) is 6.61 Å². The van der Waals surface area contributed by atoms with E-state index in [4.69, 9.17) is 4.42 Å². The van der Waals surface area contributed by atoms with Gasteiger partial charge in [0, 0.05) is 11.3 Å². The van der Waals surface area contributed by atoms with E-state index in [-0.39, 0.29) is 12.1 Å². The van der Waals surface area contributed by atoms with E-state index in [1.54, 1.807) is 0 Å². The molecule has 0 spiro atoms. The van der Waals surface area contributed by atoms with Crippen molar-refractivity contribution in [1.82, 2.24) is 10.3 Å². The highest BCUT2D eigenvalue weighted by atomic mass is 32.2. The Labute approximate surface area is 117 Å². The van der Waals surface area contributed by atoms with E-state index in [9.17, 15) is 5.11 Å². The first-order chi connectivity index (χ1) is 9.17. The highest BCUT2D eigenvalue weighted by molar-refractivity contribution is 7.99. The van der Waals surface area contributed by atoms with Crippen LogP contribution in [0.1, 0.15) is 20.3 Å². The number of hydrogen-bond acceptors (Lipinski definition) is 5. The second kappa shape index (κ2) is 6.41. The molecule has 4 nitrogen and oxygen atoms in total. The van der Waals surface area contributed by atoms with E-state index in [2.05, 4.69) is 17.2 Å². The van der Waals surface area contributed by atoms with Crippen LogP contribution in [0.3, 0.4) is 0 Å². The Bertz CT molecular complexity index is 496. The van der Waals surface area contributed by atoms with Gasteiger partial charge in [0.1, 0.15) is 5.52 Å². The van der Waals surface area contributed by atoms with E-state index in [0.29, 0.717) is 5.22 Å². The monoisotopic (exact) mass is 280 g/mol. The van der Waals surface area contributed by atoms with Gasteiger partial charge in [0.15, 0.2) is 5.58 Å². The van der Waals surface area contributed by atoms with Crippen molar-refractivity contribution in [2.75, 3.05) is 18.9 Å². The fourth-order valence-electron chi connectivity index (χ4n) is 1.71. The van der Waals surface area contributed by atoms with Crippen molar-refractivity contribution in [3.8, 4) is 0 Å². The van der Waals surface area contributed by atoms with Crippen molar-refractivity contribution in [1.29, 1.82) is 0 Å². The van der Waals surface area contributed by atoms with E-state index >= 15 is 0 Å². The molecule has 5 heteroatoms. The molecule has 1 aromatic carbocycles. The fraction of sp³-hybridized carbons (Fsp3) is 0.500. The van der Waals surface area contributed by atoms with Crippen molar-refractivity contribution >= 4 is 22.9 Å². The van der Waals surface area contributed by atoms with Gasteiger partial charge in [-0.15, -0.1) is 0 Å². The van der Waals surface area contributed by atoms with Crippen LogP contribution in [0, 0.1) is 0 Å². The third kappa shape index (κ3) is 3.72. The molecule has 0 saturated carbocycles. The highest BCUT2D eigenvalue weighted by Crippen LogP contribution is 2.25. The molecule has 2 rings (SSSR count). The Hall–Kier alpha value is -1.04. The van der Waals surface area contributed by atoms with Crippen molar-refractivity contribution in [2.45, 2.75) is 31.0 Å². The maximum Gasteiger partial charge on any atom is 0.256 e. The lowest BCUT2D eigenvalue weighted by molar-refractivity contribution is 0.192. The molecule has 0 radical (unpaired) electrons. The van der Waals surface area contributed by atoms with Crippen LogP contribution in [0.15, 0.2) is 33.9 Å². The summed E-state index contributed by atoms with van der Waals surface area (Å²) in [6, 6.07) is 7.72. The number of hydrogen-bond donors (Lipinski definition) is 2. The van der Waals surface area contributed by atoms with Gasteiger partial charge in [-0.2, -0.15) is 0 Å². The number of fused-ring (bicyclic) bond motifs is 1. The Morgan fingerprint density at radius 3 is 2.89 bits per heavy atom. The molecule has 19 heavy (non-hydrogen) atoms. The number of benzene rings is 1. The Morgan fingerprint density at radius 1 is 1.42 bits per heavy atom. The van der Waals surface area contributed by atoms with Gasteiger partial charge in [-0.3, -0.25) is 0 Å². The molecule has 0 aliphatic carbocycles. The Kier molecular flexibility index (Phi) is 4.85. The first-order valence-corrected chi connectivity index (χ1v) is 7.50. The van der Waals surface area contributed by atoms with Crippen LogP contribution in [0.4, 0.5) is 0 Å². The maximum atomic E-state index is 9.50. The lowest BCUT2D eigenvalue weighted by Gasteiger charge is -2.27. The number of para-hydroxylation sites is 2. The standard InChI is InChI=1S/C14H20N2O2S/c1-3-8-15-14(2,9-17)10-19-13-16-11-6-4-5-7-12(11)18-13/h4-7,15,17H,3,8-10H2,1-2H3. The van der Waals surface area contributed by atoms with Gasteiger partial charge in [-0.25, -0.2) is 4.98 Å². The molecule has 0 aliphatic rings. The zero-order valence-electron chi connectivity index (χ0n) is 11.3. The zero-order valence-corrected chi connectivity index (χ0v) is 12.2. The number of aliphatic hydroxyl groups excluding tert-OH is 1. The molecule has 1 atom stereocenters. The first kappa shape index (κ1) is 14.4. The predicted octanol–water partition coefficient (Wildman–Crippen LogP) is 2.67. The van der Waals surface area contributed by atoms with Crippen LogP contribution >= 0.6 is 11.8 Å². The van der Waals surface area contributed by atoms with Crippen LogP contribution in [0.25, 0.3) is 11.1 Å². The third-order valence-corrected chi connectivity index (χ3v) is 4.14. The number of nitrogens with zero attached hydrogens (tertiary/aromatic N) is 1. The minimum absolute atomic E-state index is 0.0974. The van der Waals surface area contributed by atoms with Crippen molar-refractivity contribution in [3.05, 3.63) is 24.3 Å². The molecule has 0 bridgehead atoms. The molecule has 1 aromatic heterocycles. The number of thioether (sulfide) groups is 1. The number of aliphatic hydroxyl groups is 1. The van der Waals surface area contributed by atoms with E-state index in [1.807, 2.05) is 31.2 Å². The van der Waals surface area contributed by atoms with Crippen LogP contribution in [0.5, 0.6) is 0 Å². The maximum absolute atomic E-state index is 9.50. The minimum atomic E-state index is -0.304. The molecule has 0 aliphatic heterocycles. The third-order valence-electron chi connectivity index (χ3n) is 2.94. The molecule has 0 fully saturated rings. The van der Waals surface area contributed by atoms with Gasteiger partial charge in [0.2, 0.25) is 0 Å². The topological polar surface area (TPSA) is 58.3 Å². The van der Waals surface area contributed by atoms with E-state index < -0.39 is 0 Å². The summed E-state index contributed by atoms with van der Waals surface area (Å²) in [5.41, 5.74) is 1.37. The lowest BCUT2D eigenvalue weighted by atomic mass is 10.1. The van der Waals surface area contributed by atoms with Crippen molar-refractivity contribution < 1.29 is 9.52 Å². The SMILES string of the molecule is CCCNC(C)(CO)CSc1nc2ccccc2o1. The molecular formula is C14H20N2O2S. The summed E-state index contributed by atoms with van der Waals surface area (Å²) < 4.78 is 5.65. The van der Waals surface area contributed by atoms with Crippen LogP contribution in [-0.4, -0.2) is 34.5 Å². The predicted molar refractivity (Wildman–Crippen MR) is 78.5 cm³/mol. The molecule has 1 heterocycles. The van der Waals surface area contributed by atoms with Crippen molar-refractivity contribution in [3.63, 3.8) is 0 Å². The Morgan fingerprint density at radius 2 is 2.21 bits per heavy atom. The van der Waals surface area contributed by atoms with Gasteiger partial charge < -0.3 is 14.8 Å². The zero-order chi connectivity index (χ0) is 13.7. The Balaban J connectivity index is 2.00. The smallest absolute Gasteiger partial charge is 0.256 e. The van der Waals surface area contributed by atoms with E-state index in [1.165, 1.54) is 11.8 Å². The summed E-state index contributed by atoms with van der Waals surface area (Å²) in [5, 5.41) is 13.5. The van der Waals surface area contributed by atoms with Gasteiger partial charge in [0.25, 0.3) is 5.22 Å². The molecule has 0 saturated heterocycles. The van der Waals surface area contributed by atoms with Gasteiger partial charge in [-0.1, -0.05) is 30.8 Å². The van der Waals surface area contributed by atoms with Crippen LogP contribution < -0.4 is 5.32 Å². The van der Waals surface area contributed by atoms with Crippen molar-refractivity contribution in [2.24, 2.45) is 0 Å². The lowest BCUT2D eigenvalue weighted by Crippen LogP contribution is -2.48. The molecule has 2 N–H and O–H groups in total. The second-order valence-electron chi connectivity index (χ2n) is 4.88. The minimum Gasteiger partial charge on any atom is -0.431 e. The first-order valence-electron chi connectivity index (χ1n) is 6.51. The molecule has 104 valence electrons. The second-order valence-corrected chi connectivity index (χ2v) is 5.81. The highest BCUT2D eigenvalue weighted by Gasteiger charge is 2.23. The molecule has 0 amide bonds. The summed E-state index contributed by atoms with van der Waals surface area (Å²) in [5.74, 6) is 0.719. The summed E-state index contributed by atoms with van der Waals surface area (Å²) >= 11 is 1.53. The van der Waals surface area contributed by atoms with Gasteiger partial charge >= 0.3 is 0 Å². The summed E-state index contributed by atoms with van der Waals surface area (Å²) in [6.07, 6.45) is 1.04. The summed E-state index contributed by atoms with van der Waals surface area (Å²) in [6.45, 7) is 5.11. The summed E-state index contributed by atoms with van der Waals surface area (Å²) in [7, 11) is 0. The number of aromatic nitrogens is 1.